The van der Waals surface area contributed by atoms with E-state index in [1.54, 1.807) is 0 Å². The number of nitrogens with zero attached hydrogens (tertiary/aromatic N) is 1. The van der Waals surface area contributed by atoms with Crippen molar-refractivity contribution < 1.29 is 17.4 Å². The highest BCUT2D eigenvalue weighted by atomic mass is 32.2. The van der Waals surface area contributed by atoms with E-state index in [1.165, 1.54) is 9.87 Å². The second-order valence-electron chi connectivity index (χ2n) is 5.57. The molecule has 0 bridgehead atoms. The Bertz CT molecular complexity index is 585. The van der Waals surface area contributed by atoms with E-state index in [2.05, 4.69) is 16.3 Å². The van der Waals surface area contributed by atoms with E-state index in [-0.39, 0.29) is 6.04 Å². The van der Waals surface area contributed by atoms with Crippen LogP contribution in [-0.2, 0) is 25.7 Å². The minimum Gasteiger partial charge on any atom is -0.334 e. The predicted octanol–water partition coefficient (Wildman–Crippen LogP) is 2.14. The third kappa shape index (κ3) is 4.28. The molecule has 0 saturated carbocycles. The van der Waals surface area contributed by atoms with E-state index in [4.69, 9.17) is 0 Å². The second kappa shape index (κ2) is 6.58. The molecule has 0 aliphatic carbocycles. The first-order valence-corrected chi connectivity index (χ1v) is 8.50. The first-order chi connectivity index (χ1) is 9.88. The minimum atomic E-state index is -3.94. The summed E-state index contributed by atoms with van der Waals surface area (Å²) in [4.78, 5) is 10.9. The minimum absolute atomic E-state index is 0.156. The molecular formula is C15H21NO4S. The molecule has 21 heavy (non-hydrogen) atoms. The summed E-state index contributed by atoms with van der Waals surface area (Å²) in [6, 6.07) is 10.0. The van der Waals surface area contributed by atoms with Crippen LogP contribution in [0.2, 0.25) is 0 Å². The summed E-state index contributed by atoms with van der Waals surface area (Å²) in [5.41, 5.74) is 1.27. The van der Waals surface area contributed by atoms with Crippen LogP contribution in [0.25, 0.3) is 0 Å². The summed E-state index contributed by atoms with van der Waals surface area (Å²) in [6.07, 6.45) is 2.50. The number of carbonyl (C=O) groups is 1. The molecular weight excluding hydrogens is 290 g/mol. The normalized spacial score (nSPS) is 23.7. The maximum Gasteiger partial charge on any atom is 0.387 e. The molecule has 5 nitrogen and oxygen atoms in total. The van der Waals surface area contributed by atoms with Crippen LogP contribution in [0.4, 0.5) is 0 Å². The van der Waals surface area contributed by atoms with Gasteiger partial charge >= 0.3 is 16.3 Å². The molecule has 0 radical (unpaired) electrons. The maximum atomic E-state index is 12.0. The summed E-state index contributed by atoms with van der Waals surface area (Å²) in [5, 5.41) is 0. The van der Waals surface area contributed by atoms with Gasteiger partial charge in [-0.15, -0.1) is 0 Å². The van der Waals surface area contributed by atoms with Gasteiger partial charge in [-0.05, 0) is 37.7 Å². The molecule has 1 fully saturated rings. The number of piperidine rings is 1. The fourth-order valence-electron chi connectivity index (χ4n) is 2.91. The average Bonchev–Trinajstić information content (AvgIpc) is 2.38. The highest BCUT2D eigenvalue weighted by Crippen LogP contribution is 2.28. The van der Waals surface area contributed by atoms with E-state index in [0.29, 0.717) is 12.5 Å². The number of hydrogen-bond acceptors (Lipinski definition) is 4. The van der Waals surface area contributed by atoms with Gasteiger partial charge in [0.05, 0.1) is 0 Å². The van der Waals surface area contributed by atoms with E-state index in [1.807, 2.05) is 25.1 Å². The van der Waals surface area contributed by atoms with Crippen molar-refractivity contribution in [2.24, 2.45) is 5.92 Å². The molecule has 1 saturated heterocycles. The molecule has 1 aromatic carbocycles. The molecule has 0 N–H and O–H groups in total. The predicted molar refractivity (Wildman–Crippen MR) is 79.7 cm³/mol. The van der Waals surface area contributed by atoms with Crippen molar-refractivity contribution >= 4 is 16.3 Å². The van der Waals surface area contributed by atoms with Crippen LogP contribution >= 0.6 is 0 Å². The number of benzene rings is 1. The Morgan fingerprint density at radius 2 is 2.00 bits per heavy atom. The summed E-state index contributed by atoms with van der Waals surface area (Å²) >= 11 is 0. The molecule has 2 unspecified atom stereocenters. The van der Waals surface area contributed by atoms with Crippen LogP contribution in [0.5, 0.6) is 0 Å². The molecule has 0 spiro atoms. The van der Waals surface area contributed by atoms with Crippen LogP contribution < -0.4 is 0 Å². The van der Waals surface area contributed by atoms with E-state index >= 15 is 0 Å². The largest absolute Gasteiger partial charge is 0.387 e. The van der Waals surface area contributed by atoms with Gasteiger partial charge in [0.1, 0.15) is 0 Å². The van der Waals surface area contributed by atoms with Crippen LogP contribution in [0.3, 0.4) is 0 Å². The Kier molecular flexibility index (Phi) is 5.00. The lowest BCUT2D eigenvalue weighted by Gasteiger charge is -2.35. The third-order valence-electron chi connectivity index (χ3n) is 3.80. The molecule has 0 aromatic heterocycles. The lowest BCUT2D eigenvalue weighted by atomic mass is 9.88. The van der Waals surface area contributed by atoms with Gasteiger partial charge in [-0.1, -0.05) is 30.3 Å². The van der Waals surface area contributed by atoms with Crippen LogP contribution in [0, 0.1) is 5.92 Å². The quantitative estimate of drug-likeness (QED) is 0.854. The molecule has 2 atom stereocenters. The van der Waals surface area contributed by atoms with Crippen LogP contribution in [-0.4, -0.2) is 31.3 Å². The van der Waals surface area contributed by atoms with E-state index < -0.39 is 16.3 Å². The average molecular weight is 311 g/mol. The number of carbonyl (C=O) groups excluding carboxylic acids is 1. The zero-order chi connectivity index (χ0) is 15.5. The lowest BCUT2D eigenvalue weighted by molar-refractivity contribution is -0.131. The Morgan fingerprint density at radius 1 is 1.33 bits per heavy atom. The van der Waals surface area contributed by atoms with E-state index in [0.717, 1.165) is 26.2 Å². The monoisotopic (exact) mass is 311 g/mol. The van der Waals surface area contributed by atoms with Crippen molar-refractivity contribution in [3.63, 3.8) is 0 Å². The van der Waals surface area contributed by atoms with Crippen LogP contribution in [0.1, 0.15) is 32.3 Å². The lowest BCUT2D eigenvalue weighted by Crippen LogP contribution is -2.45. The van der Waals surface area contributed by atoms with Gasteiger partial charge < -0.3 is 4.18 Å². The Balaban J connectivity index is 1.98. The van der Waals surface area contributed by atoms with Gasteiger partial charge in [0.25, 0.3) is 0 Å². The second-order valence-corrected chi connectivity index (χ2v) is 7.06. The molecule has 1 aromatic rings. The van der Waals surface area contributed by atoms with Crippen molar-refractivity contribution in [2.45, 2.75) is 39.2 Å². The topological polar surface area (TPSA) is 63.7 Å². The zero-order valence-corrected chi connectivity index (χ0v) is 13.2. The molecule has 2 rings (SSSR count). The van der Waals surface area contributed by atoms with Gasteiger partial charge in [0.2, 0.25) is 0 Å². The zero-order valence-electron chi connectivity index (χ0n) is 12.4. The van der Waals surface area contributed by atoms with Crippen molar-refractivity contribution in [2.75, 3.05) is 6.54 Å². The highest BCUT2D eigenvalue weighted by Gasteiger charge is 2.35. The molecule has 0 amide bonds. The summed E-state index contributed by atoms with van der Waals surface area (Å²) < 4.78 is 29.7. The van der Waals surface area contributed by atoms with Crippen molar-refractivity contribution in [3.05, 3.63) is 35.9 Å². The smallest absolute Gasteiger partial charge is 0.334 e. The summed E-state index contributed by atoms with van der Waals surface area (Å²) in [6.45, 7) is 3.36. The molecule has 1 heterocycles. The highest BCUT2D eigenvalue weighted by molar-refractivity contribution is 7.84. The Morgan fingerprint density at radius 3 is 2.57 bits per heavy atom. The van der Waals surface area contributed by atoms with Crippen molar-refractivity contribution in [3.8, 4) is 0 Å². The Hall–Kier alpha value is -1.40. The third-order valence-corrected chi connectivity index (χ3v) is 5.36. The van der Waals surface area contributed by atoms with Crippen LogP contribution in [0.15, 0.2) is 30.3 Å². The van der Waals surface area contributed by atoms with Gasteiger partial charge in [0.15, 0.2) is 0 Å². The first kappa shape index (κ1) is 16.0. The summed E-state index contributed by atoms with van der Waals surface area (Å²) in [5.74, 6) is -0.347. The van der Waals surface area contributed by atoms with Gasteiger partial charge in [-0.3, -0.25) is 4.79 Å². The molecule has 6 heteroatoms. The molecule has 1 aliphatic rings. The maximum absolute atomic E-state index is 12.0. The number of hydrogen-bond donors (Lipinski definition) is 0. The summed E-state index contributed by atoms with van der Waals surface area (Å²) in [7, 11) is -3.94. The Labute approximate surface area is 126 Å². The molecule has 116 valence electrons. The fraction of sp³-hybridized carbons (Fsp3) is 0.533. The fourth-order valence-corrected chi connectivity index (χ4v) is 4.16. The standard InChI is InChI=1S/C15H21NO4S/c1-12-10-15(11-14-6-4-3-5-7-14)8-9-16(12)21(18,19)20-13(2)17/h3-7,12,15H,8-11H2,1-2H3. The molecule has 1 aliphatic heterocycles. The van der Waals surface area contributed by atoms with Gasteiger partial charge in [-0.2, -0.15) is 12.7 Å². The first-order valence-electron chi connectivity index (χ1n) is 7.14. The van der Waals surface area contributed by atoms with Gasteiger partial charge in [0, 0.05) is 19.5 Å². The van der Waals surface area contributed by atoms with Crippen molar-refractivity contribution in [1.82, 2.24) is 4.31 Å². The van der Waals surface area contributed by atoms with E-state index in [9.17, 15) is 13.2 Å². The van der Waals surface area contributed by atoms with Gasteiger partial charge in [-0.25, -0.2) is 0 Å². The van der Waals surface area contributed by atoms with Crippen molar-refractivity contribution in [1.29, 1.82) is 0 Å². The SMILES string of the molecule is CC(=O)OS(=O)(=O)N1CCC(Cc2ccccc2)CC1C. The number of rotatable bonds is 4.